The molecule has 0 aliphatic heterocycles. The molecule has 0 N–H and O–H groups in total. The van der Waals surface area contributed by atoms with Gasteiger partial charge >= 0.3 is 0 Å². The summed E-state index contributed by atoms with van der Waals surface area (Å²) in [7, 11) is 0. The van der Waals surface area contributed by atoms with E-state index in [0.717, 1.165) is 0 Å². The SMILES string of the molecule is Fc1ccc(Br)nc1OCc1cnc(-n2ccnn2)cc1Cl. The van der Waals surface area contributed by atoms with Gasteiger partial charge in [0.15, 0.2) is 11.6 Å². The van der Waals surface area contributed by atoms with Gasteiger partial charge in [0.05, 0.1) is 17.4 Å². The van der Waals surface area contributed by atoms with Crippen molar-refractivity contribution in [3.63, 3.8) is 0 Å². The van der Waals surface area contributed by atoms with Gasteiger partial charge in [-0.1, -0.05) is 16.8 Å². The van der Waals surface area contributed by atoms with E-state index in [-0.39, 0.29) is 12.5 Å². The van der Waals surface area contributed by atoms with Gasteiger partial charge < -0.3 is 4.74 Å². The Labute approximate surface area is 138 Å². The molecular formula is C13H8BrClFN5O. The normalized spacial score (nSPS) is 10.7. The first-order valence-electron chi connectivity index (χ1n) is 6.09. The van der Waals surface area contributed by atoms with E-state index in [1.165, 1.54) is 29.2 Å². The van der Waals surface area contributed by atoms with Gasteiger partial charge in [-0.05, 0) is 28.1 Å². The summed E-state index contributed by atoms with van der Waals surface area (Å²) in [4.78, 5) is 8.12. The van der Waals surface area contributed by atoms with Crippen molar-refractivity contribution >= 4 is 27.5 Å². The molecule has 0 aliphatic rings. The summed E-state index contributed by atoms with van der Waals surface area (Å²) < 4.78 is 20.8. The Balaban J connectivity index is 1.77. The van der Waals surface area contributed by atoms with Crippen molar-refractivity contribution in [2.45, 2.75) is 6.61 Å². The Kier molecular flexibility index (Phi) is 4.30. The van der Waals surface area contributed by atoms with E-state index in [4.69, 9.17) is 16.3 Å². The number of aromatic nitrogens is 5. The van der Waals surface area contributed by atoms with E-state index in [2.05, 4.69) is 36.2 Å². The summed E-state index contributed by atoms with van der Waals surface area (Å²) in [6.07, 6.45) is 4.72. The van der Waals surface area contributed by atoms with Crippen LogP contribution >= 0.6 is 27.5 Å². The first-order valence-corrected chi connectivity index (χ1v) is 7.26. The lowest BCUT2D eigenvalue weighted by Gasteiger charge is -2.09. The maximum absolute atomic E-state index is 13.5. The quantitative estimate of drug-likeness (QED) is 0.646. The van der Waals surface area contributed by atoms with Crippen molar-refractivity contribution in [3.05, 3.63) is 57.8 Å². The van der Waals surface area contributed by atoms with Crippen LogP contribution in [-0.2, 0) is 6.61 Å². The van der Waals surface area contributed by atoms with Crippen LogP contribution in [0.4, 0.5) is 4.39 Å². The molecule has 0 spiro atoms. The van der Waals surface area contributed by atoms with Crippen molar-refractivity contribution in [3.8, 4) is 11.7 Å². The van der Waals surface area contributed by atoms with Crippen molar-refractivity contribution in [2.75, 3.05) is 0 Å². The summed E-state index contributed by atoms with van der Waals surface area (Å²) >= 11 is 9.34. The van der Waals surface area contributed by atoms with Crippen molar-refractivity contribution < 1.29 is 9.13 Å². The summed E-state index contributed by atoms with van der Waals surface area (Å²) in [6.45, 7) is 0.0455. The van der Waals surface area contributed by atoms with Crippen LogP contribution in [0.25, 0.3) is 5.82 Å². The summed E-state index contributed by atoms with van der Waals surface area (Å²) in [5.41, 5.74) is 0.603. The highest BCUT2D eigenvalue weighted by Crippen LogP contribution is 2.22. The number of nitrogens with zero attached hydrogens (tertiary/aromatic N) is 5. The molecule has 0 aliphatic carbocycles. The average Bonchev–Trinajstić information content (AvgIpc) is 3.03. The number of rotatable bonds is 4. The second kappa shape index (κ2) is 6.37. The van der Waals surface area contributed by atoms with Gasteiger partial charge in [-0.2, -0.15) is 0 Å². The second-order valence-corrected chi connectivity index (χ2v) is 5.41. The predicted molar refractivity (Wildman–Crippen MR) is 80.4 cm³/mol. The molecule has 3 heterocycles. The van der Waals surface area contributed by atoms with Gasteiger partial charge in [-0.25, -0.2) is 19.0 Å². The van der Waals surface area contributed by atoms with E-state index in [1.807, 2.05) is 0 Å². The minimum Gasteiger partial charge on any atom is -0.471 e. The zero-order chi connectivity index (χ0) is 15.5. The molecule has 0 fully saturated rings. The first kappa shape index (κ1) is 14.9. The lowest BCUT2D eigenvalue weighted by atomic mass is 10.3. The molecule has 3 rings (SSSR count). The standard InChI is InChI=1S/C13H8BrClFN5O/c14-11-2-1-10(16)13(19-11)22-7-8-6-17-12(5-9(8)15)21-4-3-18-20-21/h1-6H,7H2. The lowest BCUT2D eigenvalue weighted by molar-refractivity contribution is 0.276. The third-order valence-corrected chi connectivity index (χ3v) is 3.51. The molecule has 112 valence electrons. The summed E-state index contributed by atoms with van der Waals surface area (Å²) in [5.74, 6) is -0.129. The largest absolute Gasteiger partial charge is 0.471 e. The number of hydrogen-bond donors (Lipinski definition) is 0. The number of hydrogen-bond acceptors (Lipinski definition) is 5. The van der Waals surface area contributed by atoms with Gasteiger partial charge in [0.25, 0.3) is 5.88 Å². The number of ether oxygens (including phenoxy) is 1. The van der Waals surface area contributed by atoms with Crippen LogP contribution < -0.4 is 4.74 Å². The monoisotopic (exact) mass is 383 g/mol. The molecule has 22 heavy (non-hydrogen) atoms. The fraction of sp³-hybridized carbons (Fsp3) is 0.0769. The second-order valence-electron chi connectivity index (χ2n) is 4.19. The van der Waals surface area contributed by atoms with Crippen molar-refractivity contribution in [2.24, 2.45) is 0 Å². The van der Waals surface area contributed by atoms with Crippen LogP contribution in [0.3, 0.4) is 0 Å². The summed E-state index contributed by atoms with van der Waals surface area (Å²) in [5, 5.41) is 7.94. The van der Waals surface area contributed by atoms with Gasteiger partial charge in [-0.15, -0.1) is 5.10 Å². The van der Waals surface area contributed by atoms with Gasteiger partial charge in [0.2, 0.25) is 0 Å². The zero-order valence-electron chi connectivity index (χ0n) is 10.9. The maximum Gasteiger partial charge on any atom is 0.251 e. The van der Waals surface area contributed by atoms with E-state index in [1.54, 1.807) is 12.3 Å². The smallest absolute Gasteiger partial charge is 0.251 e. The highest BCUT2D eigenvalue weighted by molar-refractivity contribution is 9.10. The highest BCUT2D eigenvalue weighted by Gasteiger charge is 2.10. The molecule has 0 unspecified atom stereocenters. The molecule has 0 bridgehead atoms. The Morgan fingerprint density at radius 1 is 1.36 bits per heavy atom. The first-order chi connectivity index (χ1) is 10.6. The van der Waals surface area contributed by atoms with Crippen LogP contribution in [0, 0.1) is 5.82 Å². The van der Waals surface area contributed by atoms with E-state index < -0.39 is 5.82 Å². The van der Waals surface area contributed by atoms with Crippen LogP contribution in [-0.4, -0.2) is 25.0 Å². The predicted octanol–water partition coefficient (Wildman–Crippen LogP) is 3.19. The molecule has 0 radical (unpaired) electrons. The van der Waals surface area contributed by atoms with Gasteiger partial charge in [0, 0.05) is 17.8 Å². The molecule has 0 aromatic carbocycles. The Morgan fingerprint density at radius 2 is 2.23 bits per heavy atom. The summed E-state index contributed by atoms with van der Waals surface area (Å²) in [6, 6.07) is 4.38. The molecule has 3 aromatic heterocycles. The van der Waals surface area contributed by atoms with E-state index >= 15 is 0 Å². The Morgan fingerprint density at radius 3 is 2.95 bits per heavy atom. The highest BCUT2D eigenvalue weighted by atomic mass is 79.9. The van der Waals surface area contributed by atoms with Gasteiger partial charge in [0.1, 0.15) is 11.2 Å². The number of pyridine rings is 2. The molecule has 0 atom stereocenters. The molecule has 0 saturated carbocycles. The fourth-order valence-electron chi connectivity index (χ4n) is 1.66. The van der Waals surface area contributed by atoms with Crippen molar-refractivity contribution in [1.29, 1.82) is 0 Å². The molecule has 0 amide bonds. The Hall–Kier alpha value is -2.06. The molecule has 0 saturated heterocycles. The lowest BCUT2D eigenvalue weighted by Crippen LogP contribution is -2.04. The minimum absolute atomic E-state index is 0.0455. The molecule has 6 nitrogen and oxygen atoms in total. The van der Waals surface area contributed by atoms with E-state index in [9.17, 15) is 4.39 Å². The topological polar surface area (TPSA) is 65.7 Å². The van der Waals surface area contributed by atoms with Crippen LogP contribution in [0.2, 0.25) is 5.02 Å². The average molecular weight is 385 g/mol. The Bertz CT molecular complexity index is 799. The van der Waals surface area contributed by atoms with Crippen LogP contribution in [0.15, 0.2) is 41.4 Å². The molecule has 3 aromatic rings. The maximum atomic E-state index is 13.5. The fourth-order valence-corrected chi connectivity index (χ4v) is 2.15. The van der Waals surface area contributed by atoms with Crippen molar-refractivity contribution in [1.82, 2.24) is 25.0 Å². The molecular weight excluding hydrogens is 377 g/mol. The van der Waals surface area contributed by atoms with E-state index in [0.29, 0.717) is 21.0 Å². The van der Waals surface area contributed by atoms with Crippen LogP contribution in [0.1, 0.15) is 5.56 Å². The minimum atomic E-state index is -0.550. The third kappa shape index (κ3) is 3.23. The van der Waals surface area contributed by atoms with Crippen LogP contribution in [0.5, 0.6) is 5.88 Å². The zero-order valence-corrected chi connectivity index (χ0v) is 13.3. The third-order valence-electron chi connectivity index (χ3n) is 2.72. The molecule has 9 heteroatoms. The van der Waals surface area contributed by atoms with Gasteiger partial charge in [-0.3, -0.25) is 0 Å². The number of halogens is 3.